The molecule has 0 amide bonds. The summed E-state index contributed by atoms with van der Waals surface area (Å²) in [5.41, 5.74) is 1.68. The van der Waals surface area contributed by atoms with Gasteiger partial charge in [0.1, 0.15) is 0 Å². The highest BCUT2D eigenvalue weighted by Crippen LogP contribution is 2.13. The predicted octanol–water partition coefficient (Wildman–Crippen LogP) is 2.20. The Bertz CT molecular complexity index is 399. The molecule has 1 aromatic rings. The third kappa shape index (κ3) is 2.57. The first kappa shape index (κ1) is 11.7. The van der Waals surface area contributed by atoms with E-state index in [0.717, 1.165) is 0 Å². The first-order valence-corrected chi connectivity index (χ1v) is 4.91. The van der Waals surface area contributed by atoms with Gasteiger partial charge in [0, 0.05) is 5.56 Å². The molecule has 0 aliphatic carbocycles. The SMILES string of the molecule is COC(=O)c1ccc(C(=O)CCl)cc1C. The van der Waals surface area contributed by atoms with Gasteiger partial charge in [0.25, 0.3) is 0 Å². The Hall–Kier alpha value is -1.35. The van der Waals surface area contributed by atoms with E-state index in [1.807, 2.05) is 0 Å². The highest BCUT2D eigenvalue weighted by Gasteiger charge is 2.11. The number of rotatable bonds is 3. The molecule has 1 aromatic carbocycles. The number of aryl methyl sites for hydroxylation is 1. The van der Waals surface area contributed by atoms with E-state index in [2.05, 4.69) is 4.74 Å². The number of benzene rings is 1. The Kier molecular flexibility index (Phi) is 3.86. The number of carbonyl (C=O) groups is 2. The molecule has 0 N–H and O–H groups in total. The number of hydrogen-bond donors (Lipinski definition) is 0. The molecule has 0 atom stereocenters. The lowest BCUT2D eigenvalue weighted by Crippen LogP contribution is -2.06. The molecule has 0 saturated heterocycles. The second-order valence-corrected chi connectivity index (χ2v) is 3.35. The molecule has 3 nitrogen and oxygen atoms in total. The van der Waals surface area contributed by atoms with Crippen molar-refractivity contribution in [3.63, 3.8) is 0 Å². The molecule has 0 spiro atoms. The summed E-state index contributed by atoms with van der Waals surface area (Å²) in [6.07, 6.45) is 0. The normalized spacial score (nSPS) is 9.80. The molecule has 4 heteroatoms. The van der Waals surface area contributed by atoms with E-state index in [1.165, 1.54) is 7.11 Å². The molecule has 0 aromatic heterocycles. The zero-order valence-electron chi connectivity index (χ0n) is 8.54. The summed E-state index contributed by atoms with van der Waals surface area (Å²) in [5, 5.41) is 0. The molecule has 0 heterocycles. The third-order valence-corrected chi connectivity index (χ3v) is 2.32. The topological polar surface area (TPSA) is 43.4 Å². The second-order valence-electron chi connectivity index (χ2n) is 3.08. The number of ether oxygens (including phenoxy) is 1. The van der Waals surface area contributed by atoms with Crippen LogP contribution >= 0.6 is 11.6 Å². The van der Waals surface area contributed by atoms with Crippen molar-refractivity contribution in [3.05, 3.63) is 34.9 Å². The zero-order valence-corrected chi connectivity index (χ0v) is 9.30. The molecule has 0 aliphatic heterocycles. The van der Waals surface area contributed by atoms with Gasteiger partial charge in [0.2, 0.25) is 0 Å². The van der Waals surface area contributed by atoms with Gasteiger partial charge >= 0.3 is 5.97 Å². The van der Waals surface area contributed by atoms with E-state index < -0.39 is 5.97 Å². The highest BCUT2D eigenvalue weighted by molar-refractivity contribution is 6.30. The fraction of sp³-hybridized carbons (Fsp3) is 0.273. The summed E-state index contributed by atoms with van der Waals surface area (Å²) in [4.78, 5) is 22.5. The lowest BCUT2D eigenvalue weighted by atomic mass is 10.0. The molecule has 15 heavy (non-hydrogen) atoms. The Labute approximate surface area is 93.0 Å². The molecular formula is C11H11ClO3. The van der Waals surface area contributed by atoms with Gasteiger partial charge in [0.05, 0.1) is 18.6 Å². The lowest BCUT2D eigenvalue weighted by molar-refractivity contribution is 0.0599. The van der Waals surface area contributed by atoms with E-state index in [9.17, 15) is 9.59 Å². The molecule has 0 bridgehead atoms. The summed E-state index contributed by atoms with van der Waals surface area (Å²) in [6, 6.07) is 4.78. The minimum Gasteiger partial charge on any atom is -0.465 e. The van der Waals surface area contributed by atoms with Gasteiger partial charge in [-0.05, 0) is 24.6 Å². The minimum atomic E-state index is -0.405. The van der Waals surface area contributed by atoms with Crippen molar-refractivity contribution < 1.29 is 14.3 Å². The molecule has 0 saturated carbocycles. The molecular weight excluding hydrogens is 216 g/mol. The number of esters is 1. The first-order chi connectivity index (χ1) is 7.10. The monoisotopic (exact) mass is 226 g/mol. The minimum absolute atomic E-state index is 0.0585. The number of halogens is 1. The maximum absolute atomic E-state index is 11.3. The molecule has 0 aliphatic rings. The van der Waals surface area contributed by atoms with Crippen molar-refractivity contribution in [2.75, 3.05) is 13.0 Å². The van der Waals surface area contributed by atoms with Crippen molar-refractivity contribution in [2.45, 2.75) is 6.92 Å². The Morgan fingerprint density at radius 3 is 2.53 bits per heavy atom. The van der Waals surface area contributed by atoms with Gasteiger partial charge in [-0.25, -0.2) is 4.79 Å². The van der Waals surface area contributed by atoms with Crippen molar-refractivity contribution in [2.24, 2.45) is 0 Å². The molecule has 80 valence electrons. The predicted molar refractivity (Wildman–Crippen MR) is 57.6 cm³/mol. The molecule has 0 radical (unpaired) electrons. The van der Waals surface area contributed by atoms with Gasteiger partial charge in [-0.1, -0.05) is 6.07 Å². The van der Waals surface area contributed by atoms with Crippen molar-refractivity contribution >= 4 is 23.4 Å². The average Bonchev–Trinajstić information content (AvgIpc) is 2.26. The summed E-state index contributed by atoms with van der Waals surface area (Å²) >= 11 is 5.43. The number of alkyl halides is 1. The standard InChI is InChI=1S/C11H11ClO3/c1-7-5-8(10(13)6-12)3-4-9(7)11(14)15-2/h3-5H,6H2,1-2H3. The quantitative estimate of drug-likeness (QED) is 0.451. The number of carbonyl (C=O) groups excluding carboxylic acids is 2. The van der Waals surface area contributed by atoms with E-state index in [0.29, 0.717) is 16.7 Å². The van der Waals surface area contributed by atoms with Crippen LogP contribution in [0.5, 0.6) is 0 Å². The summed E-state index contributed by atoms with van der Waals surface area (Å²) < 4.78 is 4.59. The largest absolute Gasteiger partial charge is 0.465 e. The maximum atomic E-state index is 11.3. The smallest absolute Gasteiger partial charge is 0.338 e. The van der Waals surface area contributed by atoms with Crippen LogP contribution in [-0.2, 0) is 4.74 Å². The number of methoxy groups -OCH3 is 1. The third-order valence-electron chi connectivity index (χ3n) is 2.08. The van der Waals surface area contributed by atoms with E-state index in [-0.39, 0.29) is 11.7 Å². The van der Waals surface area contributed by atoms with Crippen LogP contribution < -0.4 is 0 Å². The van der Waals surface area contributed by atoms with Crippen LogP contribution in [0.25, 0.3) is 0 Å². The number of Topliss-reactive ketones (excluding diaryl/α,β-unsaturated/α-hetero) is 1. The molecule has 0 fully saturated rings. The average molecular weight is 227 g/mol. The summed E-state index contributed by atoms with van der Waals surface area (Å²) in [6.45, 7) is 1.75. The summed E-state index contributed by atoms with van der Waals surface area (Å²) in [5.74, 6) is -0.620. The Morgan fingerprint density at radius 1 is 1.40 bits per heavy atom. The Morgan fingerprint density at radius 2 is 2.07 bits per heavy atom. The van der Waals surface area contributed by atoms with Crippen LogP contribution in [0.4, 0.5) is 0 Å². The van der Waals surface area contributed by atoms with Crippen molar-refractivity contribution in [3.8, 4) is 0 Å². The van der Waals surface area contributed by atoms with Crippen LogP contribution in [0.15, 0.2) is 18.2 Å². The first-order valence-electron chi connectivity index (χ1n) is 4.38. The summed E-state index contributed by atoms with van der Waals surface area (Å²) in [7, 11) is 1.32. The van der Waals surface area contributed by atoms with Gasteiger partial charge in [-0.2, -0.15) is 0 Å². The van der Waals surface area contributed by atoms with Gasteiger partial charge < -0.3 is 4.74 Å². The lowest BCUT2D eigenvalue weighted by Gasteiger charge is -2.05. The van der Waals surface area contributed by atoms with Crippen molar-refractivity contribution in [1.82, 2.24) is 0 Å². The molecule has 1 rings (SSSR count). The fourth-order valence-electron chi connectivity index (χ4n) is 1.25. The van der Waals surface area contributed by atoms with E-state index in [1.54, 1.807) is 25.1 Å². The van der Waals surface area contributed by atoms with Crippen LogP contribution in [0.3, 0.4) is 0 Å². The number of hydrogen-bond acceptors (Lipinski definition) is 3. The van der Waals surface area contributed by atoms with Crippen LogP contribution in [0, 0.1) is 6.92 Å². The molecule has 0 unspecified atom stereocenters. The highest BCUT2D eigenvalue weighted by atomic mass is 35.5. The zero-order chi connectivity index (χ0) is 11.4. The van der Waals surface area contributed by atoms with Gasteiger partial charge in [-0.3, -0.25) is 4.79 Å². The Balaban J connectivity index is 3.08. The maximum Gasteiger partial charge on any atom is 0.338 e. The van der Waals surface area contributed by atoms with Crippen LogP contribution in [-0.4, -0.2) is 24.7 Å². The fourth-order valence-corrected chi connectivity index (χ4v) is 1.41. The van der Waals surface area contributed by atoms with Gasteiger partial charge in [-0.15, -0.1) is 11.6 Å². The van der Waals surface area contributed by atoms with Crippen LogP contribution in [0.2, 0.25) is 0 Å². The second kappa shape index (κ2) is 4.94. The van der Waals surface area contributed by atoms with Crippen molar-refractivity contribution in [1.29, 1.82) is 0 Å². The number of ketones is 1. The van der Waals surface area contributed by atoms with E-state index >= 15 is 0 Å². The van der Waals surface area contributed by atoms with E-state index in [4.69, 9.17) is 11.6 Å². The van der Waals surface area contributed by atoms with Gasteiger partial charge in [0.15, 0.2) is 5.78 Å². The van der Waals surface area contributed by atoms with Crippen LogP contribution in [0.1, 0.15) is 26.3 Å².